The lowest BCUT2D eigenvalue weighted by molar-refractivity contribution is 0.0708. The number of benzene rings is 2. The number of hydrogen-bond acceptors (Lipinski definition) is 5. The molecule has 1 aliphatic heterocycles. The van der Waals surface area contributed by atoms with E-state index in [1.165, 1.54) is 29.8 Å². The first-order chi connectivity index (χ1) is 13.6. The molecule has 0 N–H and O–H groups in total. The summed E-state index contributed by atoms with van der Waals surface area (Å²) < 4.78 is 16.3. The van der Waals surface area contributed by atoms with E-state index in [2.05, 4.69) is 23.2 Å². The Morgan fingerprint density at radius 2 is 1.93 bits per heavy atom. The van der Waals surface area contributed by atoms with Crippen LogP contribution in [0, 0.1) is 12.7 Å². The minimum absolute atomic E-state index is 0.133. The summed E-state index contributed by atoms with van der Waals surface area (Å²) >= 11 is 1.61. The molecule has 8 heteroatoms. The number of carbonyl (C=O) groups is 1. The van der Waals surface area contributed by atoms with Crippen molar-refractivity contribution in [2.75, 3.05) is 6.54 Å². The molecule has 0 atom stereocenters. The number of aromatic nitrogens is 4. The lowest BCUT2D eigenvalue weighted by Crippen LogP contribution is -2.38. The Morgan fingerprint density at radius 1 is 1.11 bits per heavy atom. The summed E-state index contributed by atoms with van der Waals surface area (Å²) in [7, 11) is 0. The molecule has 5 rings (SSSR count). The van der Waals surface area contributed by atoms with Gasteiger partial charge >= 0.3 is 0 Å². The number of aryl methyl sites for hydroxylation is 1. The topological polar surface area (TPSA) is 63.9 Å². The second kappa shape index (κ2) is 6.49. The van der Waals surface area contributed by atoms with E-state index < -0.39 is 0 Å². The normalized spacial score (nSPS) is 13.7. The van der Waals surface area contributed by atoms with Crippen molar-refractivity contribution in [1.29, 1.82) is 0 Å². The highest BCUT2D eigenvalue weighted by Gasteiger charge is 2.26. The molecule has 2 aromatic heterocycles. The van der Waals surface area contributed by atoms with Crippen molar-refractivity contribution in [3.63, 3.8) is 0 Å². The van der Waals surface area contributed by atoms with E-state index >= 15 is 0 Å². The fourth-order valence-corrected chi connectivity index (χ4v) is 4.47. The summed E-state index contributed by atoms with van der Waals surface area (Å²) in [4.78, 5) is 19.1. The van der Waals surface area contributed by atoms with Gasteiger partial charge in [-0.1, -0.05) is 12.1 Å². The van der Waals surface area contributed by atoms with E-state index in [0.29, 0.717) is 25.2 Å². The van der Waals surface area contributed by atoms with Crippen LogP contribution in [0.2, 0.25) is 0 Å². The van der Waals surface area contributed by atoms with E-state index in [0.717, 1.165) is 26.9 Å². The Bertz CT molecular complexity index is 1200. The van der Waals surface area contributed by atoms with Crippen molar-refractivity contribution >= 4 is 27.5 Å². The lowest BCUT2D eigenvalue weighted by atomic mass is 10.2. The van der Waals surface area contributed by atoms with E-state index in [1.54, 1.807) is 16.2 Å². The Morgan fingerprint density at radius 3 is 2.71 bits per heavy atom. The first-order valence-electron chi connectivity index (χ1n) is 8.93. The van der Waals surface area contributed by atoms with Crippen molar-refractivity contribution in [3.8, 4) is 10.8 Å². The van der Waals surface area contributed by atoms with Crippen LogP contribution in [0.15, 0.2) is 42.5 Å². The van der Waals surface area contributed by atoms with Gasteiger partial charge in [0.2, 0.25) is 0 Å². The van der Waals surface area contributed by atoms with E-state index in [1.807, 2.05) is 16.7 Å². The van der Waals surface area contributed by atoms with Gasteiger partial charge < -0.3 is 9.47 Å². The van der Waals surface area contributed by atoms with Crippen molar-refractivity contribution in [2.45, 2.75) is 20.0 Å². The summed E-state index contributed by atoms with van der Waals surface area (Å²) in [6.07, 6.45) is 0. The number of carbonyl (C=O) groups excluding carboxylic acids is 1. The van der Waals surface area contributed by atoms with E-state index in [4.69, 9.17) is 4.98 Å². The monoisotopic (exact) mass is 393 g/mol. The van der Waals surface area contributed by atoms with Gasteiger partial charge in [0.1, 0.15) is 5.82 Å². The predicted octanol–water partition coefficient (Wildman–Crippen LogP) is 3.66. The zero-order valence-corrected chi connectivity index (χ0v) is 15.9. The van der Waals surface area contributed by atoms with Crippen molar-refractivity contribution in [2.24, 2.45) is 0 Å². The van der Waals surface area contributed by atoms with Crippen molar-refractivity contribution in [3.05, 3.63) is 65.2 Å². The zero-order valence-electron chi connectivity index (χ0n) is 15.1. The molecule has 2 aromatic carbocycles. The van der Waals surface area contributed by atoms with Gasteiger partial charge in [0.05, 0.1) is 16.8 Å². The van der Waals surface area contributed by atoms with Crippen LogP contribution in [0.3, 0.4) is 0 Å². The largest absolute Gasteiger partial charge is 0.329 e. The third-order valence-corrected chi connectivity index (χ3v) is 6.14. The standard InChI is InChI=1S/C20H16FN5OS/c1-12-3-2-4-15-17(12)28-19(22-15)18-24-23-16-11-25(9-10-26(16)18)20(27)13-5-7-14(21)8-6-13/h2-8H,9-11H2,1H3. The van der Waals surface area contributed by atoms with Gasteiger partial charge in [-0.05, 0) is 42.8 Å². The minimum atomic E-state index is -0.356. The molecule has 0 aliphatic carbocycles. The third kappa shape index (κ3) is 2.77. The molecule has 0 fully saturated rings. The molecule has 0 unspecified atom stereocenters. The lowest BCUT2D eigenvalue weighted by Gasteiger charge is -2.27. The second-order valence-electron chi connectivity index (χ2n) is 6.77. The van der Waals surface area contributed by atoms with Crippen LogP contribution >= 0.6 is 11.3 Å². The molecule has 0 spiro atoms. The Balaban J connectivity index is 1.44. The van der Waals surface area contributed by atoms with Crippen LogP contribution in [-0.2, 0) is 13.1 Å². The second-order valence-corrected chi connectivity index (χ2v) is 7.77. The Kier molecular flexibility index (Phi) is 3.94. The first-order valence-corrected chi connectivity index (χ1v) is 9.75. The summed E-state index contributed by atoms with van der Waals surface area (Å²) in [5.74, 6) is 0.981. The molecular weight excluding hydrogens is 377 g/mol. The Hall–Kier alpha value is -3.13. The van der Waals surface area contributed by atoms with Crippen LogP contribution in [0.1, 0.15) is 21.7 Å². The first kappa shape index (κ1) is 17.0. The molecule has 1 aliphatic rings. The van der Waals surface area contributed by atoms with Crippen LogP contribution in [0.5, 0.6) is 0 Å². The molecule has 0 saturated carbocycles. The molecule has 1 amide bonds. The van der Waals surface area contributed by atoms with Crippen LogP contribution in [0.25, 0.3) is 21.0 Å². The van der Waals surface area contributed by atoms with Gasteiger partial charge in [-0.2, -0.15) is 0 Å². The highest BCUT2D eigenvalue weighted by Crippen LogP contribution is 2.32. The van der Waals surface area contributed by atoms with Gasteiger partial charge in [-0.15, -0.1) is 21.5 Å². The third-order valence-electron chi connectivity index (χ3n) is 4.93. The summed E-state index contributed by atoms with van der Waals surface area (Å²) in [6.45, 7) is 3.58. The van der Waals surface area contributed by atoms with Gasteiger partial charge in [0.15, 0.2) is 16.7 Å². The maximum Gasteiger partial charge on any atom is 0.254 e. The zero-order chi connectivity index (χ0) is 19.3. The maximum absolute atomic E-state index is 13.1. The number of halogens is 1. The SMILES string of the molecule is Cc1cccc2nc(-c3nnc4n3CCN(C(=O)c3ccc(F)cc3)C4)sc12. The highest BCUT2D eigenvalue weighted by molar-refractivity contribution is 7.21. The molecule has 0 radical (unpaired) electrons. The fourth-order valence-electron chi connectivity index (χ4n) is 3.45. The molecule has 28 heavy (non-hydrogen) atoms. The molecular formula is C20H16FN5OS. The van der Waals surface area contributed by atoms with E-state index in [-0.39, 0.29) is 11.7 Å². The minimum Gasteiger partial charge on any atom is -0.329 e. The number of amides is 1. The van der Waals surface area contributed by atoms with Crippen LogP contribution in [-0.4, -0.2) is 37.1 Å². The average molecular weight is 393 g/mol. The molecule has 140 valence electrons. The number of thiazole rings is 1. The number of nitrogens with zero attached hydrogens (tertiary/aromatic N) is 5. The van der Waals surface area contributed by atoms with Crippen LogP contribution < -0.4 is 0 Å². The maximum atomic E-state index is 13.1. The van der Waals surface area contributed by atoms with E-state index in [9.17, 15) is 9.18 Å². The number of hydrogen-bond donors (Lipinski definition) is 0. The number of fused-ring (bicyclic) bond motifs is 2. The smallest absolute Gasteiger partial charge is 0.254 e. The molecule has 0 saturated heterocycles. The summed E-state index contributed by atoms with van der Waals surface area (Å²) in [5, 5.41) is 9.47. The van der Waals surface area contributed by atoms with Gasteiger partial charge in [-0.3, -0.25) is 4.79 Å². The Labute approximate surface area is 164 Å². The molecule has 0 bridgehead atoms. The summed E-state index contributed by atoms with van der Waals surface area (Å²) in [6, 6.07) is 11.7. The molecule has 6 nitrogen and oxygen atoms in total. The van der Waals surface area contributed by atoms with Gasteiger partial charge in [0.25, 0.3) is 5.91 Å². The molecule has 4 aromatic rings. The van der Waals surface area contributed by atoms with Crippen molar-refractivity contribution < 1.29 is 9.18 Å². The molecule has 3 heterocycles. The van der Waals surface area contributed by atoms with Gasteiger partial charge in [0, 0.05) is 18.7 Å². The number of rotatable bonds is 2. The average Bonchev–Trinajstić information content (AvgIpc) is 3.32. The highest BCUT2D eigenvalue weighted by atomic mass is 32.1. The van der Waals surface area contributed by atoms with Crippen molar-refractivity contribution in [1.82, 2.24) is 24.6 Å². The van der Waals surface area contributed by atoms with Crippen LogP contribution in [0.4, 0.5) is 4.39 Å². The van der Waals surface area contributed by atoms with Gasteiger partial charge in [-0.25, -0.2) is 9.37 Å². The fraction of sp³-hybridized carbons (Fsp3) is 0.200. The predicted molar refractivity (Wildman–Crippen MR) is 105 cm³/mol. The quantitative estimate of drug-likeness (QED) is 0.521. The summed E-state index contributed by atoms with van der Waals surface area (Å²) in [5.41, 5.74) is 2.62.